The Kier molecular flexibility index (Phi) is 6.19. The molecule has 0 aliphatic carbocycles. The van der Waals surface area contributed by atoms with Gasteiger partial charge in [0.25, 0.3) is 0 Å². The van der Waals surface area contributed by atoms with Crippen molar-refractivity contribution < 1.29 is 12.8 Å². The molecule has 1 unspecified atom stereocenters. The average Bonchev–Trinajstić information content (AvgIpc) is 2.36. The first-order chi connectivity index (χ1) is 8.89. The van der Waals surface area contributed by atoms with E-state index in [1.165, 1.54) is 6.07 Å². The highest BCUT2D eigenvalue weighted by atomic mass is 35.5. The minimum absolute atomic E-state index is 0.0802. The molecule has 1 aromatic rings. The minimum Gasteiger partial charge on any atom is -0.271 e. The molecule has 108 valence electrons. The summed E-state index contributed by atoms with van der Waals surface area (Å²) < 4.78 is 36.5. The highest BCUT2D eigenvalue weighted by Crippen LogP contribution is 2.23. The molecule has 0 saturated heterocycles. The Morgan fingerprint density at radius 3 is 2.68 bits per heavy atom. The van der Waals surface area contributed by atoms with Crippen LogP contribution in [0.2, 0.25) is 5.02 Å². The number of hydrogen-bond acceptors (Lipinski definition) is 4. The van der Waals surface area contributed by atoms with Crippen molar-refractivity contribution in [3.63, 3.8) is 0 Å². The molecule has 4 nitrogen and oxygen atoms in total. The lowest BCUT2D eigenvalue weighted by Gasteiger charge is -2.17. The molecule has 7 heteroatoms. The van der Waals surface area contributed by atoms with Crippen molar-refractivity contribution in [3.8, 4) is 0 Å². The predicted molar refractivity (Wildman–Crippen MR) is 75.0 cm³/mol. The number of sulfone groups is 1. The monoisotopic (exact) mass is 308 g/mol. The number of nitrogens with one attached hydrogen (secondary N) is 1. The molecule has 0 aliphatic heterocycles. The van der Waals surface area contributed by atoms with E-state index in [1.54, 1.807) is 19.1 Å². The number of nitrogens with two attached hydrogens (primary N) is 1. The van der Waals surface area contributed by atoms with Gasteiger partial charge in [-0.05, 0) is 25.0 Å². The Hall–Kier alpha value is -0.690. The summed E-state index contributed by atoms with van der Waals surface area (Å²) in [5.74, 6) is 5.14. The van der Waals surface area contributed by atoms with E-state index in [0.29, 0.717) is 23.4 Å². The zero-order chi connectivity index (χ0) is 14.5. The molecule has 0 saturated carbocycles. The van der Waals surface area contributed by atoms with Crippen LogP contribution < -0.4 is 11.3 Å². The third-order valence-corrected chi connectivity index (χ3v) is 4.95. The first-order valence-corrected chi connectivity index (χ1v) is 8.21. The van der Waals surface area contributed by atoms with Crippen LogP contribution in [0, 0.1) is 5.82 Å². The molecule has 1 atom stereocenters. The Morgan fingerprint density at radius 2 is 2.16 bits per heavy atom. The maximum Gasteiger partial charge on any atom is 0.150 e. The van der Waals surface area contributed by atoms with Crippen molar-refractivity contribution in [1.82, 2.24) is 5.43 Å². The van der Waals surface area contributed by atoms with Gasteiger partial charge in [0.2, 0.25) is 0 Å². The van der Waals surface area contributed by atoms with E-state index in [4.69, 9.17) is 17.4 Å². The van der Waals surface area contributed by atoms with Gasteiger partial charge in [0.15, 0.2) is 0 Å². The smallest absolute Gasteiger partial charge is 0.150 e. The summed E-state index contributed by atoms with van der Waals surface area (Å²) in [6.45, 7) is 1.60. The topological polar surface area (TPSA) is 72.2 Å². The predicted octanol–water partition coefficient (Wildman–Crippen LogP) is 2.20. The normalized spacial score (nSPS) is 13.5. The van der Waals surface area contributed by atoms with E-state index in [0.717, 1.165) is 0 Å². The first-order valence-electron chi connectivity index (χ1n) is 6.01. The van der Waals surface area contributed by atoms with Crippen LogP contribution in [0.1, 0.15) is 31.4 Å². The van der Waals surface area contributed by atoms with Crippen LogP contribution in [0.25, 0.3) is 0 Å². The van der Waals surface area contributed by atoms with Gasteiger partial charge < -0.3 is 0 Å². The molecular weight excluding hydrogens is 291 g/mol. The van der Waals surface area contributed by atoms with Crippen molar-refractivity contribution in [1.29, 1.82) is 0 Å². The summed E-state index contributed by atoms with van der Waals surface area (Å²) in [6.07, 6.45) is 0.862. The minimum atomic E-state index is -3.01. The van der Waals surface area contributed by atoms with E-state index in [9.17, 15) is 12.8 Å². The third-order valence-electron chi connectivity index (χ3n) is 2.93. The fourth-order valence-corrected chi connectivity index (χ4v) is 2.82. The van der Waals surface area contributed by atoms with Crippen molar-refractivity contribution in [2.45, 2.75) is 25.8 Å². The zero-order valence-corrected chi connectivity index (χ0v) is 12.3. The van der Waals surface area contributed by atoms with E-state index in [2.05, 4.69) is 5.43 Å². The second-order valence-electron chi connectivity index (χ2n) is 4.26. The van der Waals surface area contributed by atoms with Gasteiger partial charge in [0, 0.05) is 22.4 Å². The van der Waals surface area contributed by atoms with Crippen LogP contribution in [0.4, 0.5) is 4.39 Å². The number of rotatable bonds is 7. The Morgan fingerprint density at radius 1 is 1.47 bits per heavy atom. The summed E-state index contributed by atoms with van der Waals surface area (Å²) in [5.41, 5.74) is 2.89. The summed E-state index contributed by atoms with van der Waals surface area (Å²) in [6, 6.07) is 3.91. The molecule has 0 aliphatic rings. The fraction of sp³-hybridized carbons (Fsp3) is 0.500. The highest BCUT2D eigenvalue weighted by molar-refractivity contribution is 7.91. The molecule has 0 fully saturated rings. The highest BCUT2D eigenvalue weighted by Gasteiger charge is 2.16. The number of benzene rings is 1. The Balaban J connectivity index is 2.68. The van der Waals surface area contributed by atoms with Crippen molar-refractivity contribution in [2.24, 2.45) is 5.84 Å². The molecule has 1 rings (SSSR count). The average molecular weight is 309 g/mol. The standard InChI is InChI=1S/C12H18ClFN2O2S/c1-2-19(17,18)7-3-4-12(16-15)10-6-5-9(13)8-11(10)14/h5-6,8,12,16H,2-4,7,15H2,1H3. The van der Waals surface area contributed by atoms with Crippen LogP contribution in [0.15, 0.2) is 18.2 Å². The molecule has 0 radical (unpaired) electrons. The number of hydrogen-bond donors (Lipinski definition) is 2. The van der Waals surface area contributed by atoms with Crippen molar-refractivity contribution >= 4 is 21.4 Å². The van der Waals surface area contributed by atoms with Crippen LogP contribution in [0.3, 0.4) is 0 Å². The summed E-state index contributed by atoms with van der Waals surface area (Å²) in [7, 11) is -3.01. The summed E-state index contributed by atoms with van der Waals surface area (Å²) in [5, 5.41) is 0.311. The molecule has 19 heavy (non-hydrogen) atoms. The van der Waals surface area contributed by atoms with Gasteiger partial charge in [-0.1, -0.05) is 24.6 Å². The number of hydrazine groups is 1. The van der Waals surface area contributed by atoms with E-state index < -0.39 is 21.7 Å². The largest absolute Gasteiger partial charge is 0.271 e. The number of halogens is 2. The molecule has 0 aromatic heterocycles. The van der Waals surface area contributed by atoms with Crippen LogP contribution >= 0.6 is 11.6 Å². The van der Waals surface area contributed by atoms with Crippen LogP contribution in [0.5, 0.6) is 0 Å². The van der Waals surface area contributed by atoms with Gasteiger partial charge in [-0.2, -0.15) is 0 Å². The Labute approximate surface area is 118 Å². The van der Waals surface area contributed by atoms with Crippen molar-refractivity contribution in [2.75, 3.05) is 11.5 Å². The molecule has 0 amide bonds. The van der Waals surface area contributed by atoms with Crippen molar-refractivity contribution in [3.05, 3.63) is 34.6 Å². The quantitative estimate of drug-likeness (QED) is 0.598. The molecule has 3 N–H and O–H groups in total. The van der Waals surface area contributed by atoms with Crippen LogP contribution in [-0.2, 0) is 9.84 Å². The van der Waals surface area contributed by atoms with Gasteiger partial charge in [0.1, 0.15) is 15.7 Å². The lowest BCUT2D eigenvalue weighted by Crippen LogP contribution is -2.29. The lowest BCUT2D eigenvalue weighted by molar-refractivity contribution is 0.480. The molecule has 0 heterocycles. The SMILES string of the molecule is CCS(=O)(=O)CCCC(NN)c1ccc(Cl)cc1F. The van der Waals surface area contributed by atoms with Crippen LogP contribution in [-0.4, -0.2) is 19.9 Å². The molecular formula is C12H18ClFN2O2S. The second kappa shape index (κ2) is 7.19. The summed E-state index contributed by atoms with van der Waals surface area (Å²) >= 11 is 5.68. The van der Waals surface area contributed by atoms with Gasteiger partial charge in [-0.3, -0.25) is 11.3 Å². The lowest BCUT2D eigenvalue weighted by atomic mass is 10.0. The maximum atomic E-state index is 13.7. The molecule has 0 bridgehead atoms. The first kappa shape index (κ1) is 16.4. The van der Waals surface area contributed by atoms with Gasteiger partial charge in [-0.15, -0.1) is 0 Å². The second-order valence-corrected chi connectivity index (χ2v) is 7.17. The summed E-state index contributed by atoms with van der Waals surface area (Å²) in [4.78, 5) is 0. The third kappa shape index (κ3) is 5.06. The van der Waals surface area contributed by atoms with E-state index in [1.807, 2.05) is 0 Å². The zero-order valence-electron chi connectivity index (χ0n) is 10.7. The Bertz CT molecular complexity index is 522. The molecule has 0 spiro atoms. The molecule has 1 aromatic carbocycles. The van der Waals surface area contributed by atoms with Gasteiger partial charge in [0.05, 0.1) is 5.75 Å². The van der Waals surface area contributed by atoms with E-state index in [-0.39, 0.29) is 11.5 Å². The van der Waals surface area contributed by atoms with E-state index >= 15 is 0 Å². The maximum absolute atomic E-state index is 13.7. The van der Waals surface area contributed by atoms with Gasteiger partial charge >= 0.3 is 0 Å². The fourth-order valence-electron chi connectivity index (χ4n) is 1.76. The van der Waals surface area contributed by atoms with Gasteiger partial charge in [-0.25, -0.2) is 12.8 Å².